The number of likely N-dealkylation sites (N-methyl/N-ethyl adjacent to an activating group) is 1. The molecule has 1 aromatic carbocycles. The van der Waals surface area contributed by atoms with Crippen LogP contribution < -0.4 is 4.74 Å². The Hall–Kier alpha value is -1.30. The lowest BCUT2D eigenvalue weighted by Crippen LogP contribution is -2.30. The Bertz CT molecular complexity index is 648. The molecule has 1 amide bonds. The van der Waals surface area contributed by atoms with Crippen LogP contribution in [0.1, 0.15) is 4.88 Å². The van der Waals surface area contributed by atoms with Gasteiger partial charge < -0.3 is 9.64 Å². The van der Waals surface area contributed by atoms with Gasteiger partial charge in [-0.15, -0.1) is 11.3 Å². The van der Waals surface area contributed by atoms with E-state index in [9.17, 15) is 9.18 Å². The average Bonchev–Trinajstić information content (AvgIpc) is 2.82. The molecule has 0 saturated carbocycles. The molecule has 7 heteroatoms. The third kappa shape index (κ3) is 4.59. The third-order valence-electron chi connectivity index (χ3n) is 2.69. The summed E-state index contributed by atoms with van der Waals surface area (Å²) in [6.07, 6.45) is 0. The average molecular weight is 348 g/mol. The van der Waals surface area contributed by atoms with Crippen LogP contribution in [-0.2, 0) is 11.3 Å². The van der Waals surface area contributed by atoms with Gasteiger partial charge in [-0.05, 0) is 30.3 Å². The Morgan fingerprint density at radius 3 is 2.71 bits per heavy atom. The van der Waals surface area contributed by atoms with Gasteiger partial charge in [-0.3, -0.25) is 4.79 Å². The fourth-order valence-corrected chi connectivity index (χ4v) is 2.96. The Morgan fingerprint density at radius 2 is 2.10 bits per heavy atom. The van der Waals surface area contributed by atoms with E-state index in [2.05, 4.69) is 0 Å². The van der Waals surface area contributed by atoms with Gasteiger partial charge >= 0.3 is 0 Å². The molecule has 3 nitrogen and oxygen atoms in total. The topological polar surface area (TPSA) is 29.5 Å². The molecule has 1 aromatic heterocycles. The zero-order valence-corrected chi connectivity index (χ0v) is 13.4. The molecular formula is C14H12Cl2FNO2S. The van der Waals surface area contributed by atoms with Crippen molar-refractivity contribution < 1.29 is 13.9 Å². The third-order valence-corrected chi connectivity index (χ3v) is 4.20. The first-order chi connectivity index (χ1) is 9.95. The van der Waals surface area contributed by atoms with Crippen LogP contribution >= 0.6 is 34.5 Å². The summed E-state index contributed by atoms with van der Waals surface area (Å²) in [4.78, 5) is 14.5. The Morgan fingerprint density at radius 1 is 1.33 bits per heavy atom. The zero-order valence-electron chi connectivity index (χ0n) is 11.1. The molecule has 2 rings (SSSR count). The van der Waals surface area contributed by atoms with Crippen molar-refractivity contribution in [3.05, 3.63) is 50.4 Å². The van der Waals surface area contributed by atoms with Crippen LogP contribution in [0.4, 0.5) is 4.39 Å². The zero-order chi connectivity index (χ0) is 15.4. The molecule has 0 atom stereocenters. The number of carbonyl (C=O) groups excluding carboxylic acids is 1. The van der Waals surface area contributed by atoms with Gasteiger partial charge in [-0.25, -0.2) is 4.39 Å². The largest absolute Gasteiger partial charge is 0.482 e. The summed E-state index contributed by atoms with van der Waals surface area (Å²) >= 11 is 13.1. The first-order valence-corrected chi connectivity index (χ1v) is 7.59. The van der Waals surface area contributed by atoms with Gasteiger partial charge in [0.2, 0.25) is 0 Å². The maximum atomic E-state index is 12.9. The molecule has 0 radical (unpaired) electrons. The number of hydrogen-bond donors (Lipinski definition) is 0. The van der Waals surface area contributed by atoms with E-state index in [1.807, 2.05) is 6.07 Å². The Kier molecular flexibility index (Phi) is 5.45. The second-order valence-electron chi connectivity index (χ2n) is 4.32. The highest BCUT2D eigenvalue weighted by molar-refractivity contribution is 7.16. The molecule has 0 bridgehead atoms. The Balaban J connectivity index is 1.89. The fraction of sp³-hybridized carbons (Fsp3) is 0.214. The van der Waals surface area contributed by atoms with Crippen molar-refractivity contribution in [2.24, 2.45) is 0 Å². The maximum Gasteiger partial charge on any atom is 0.260 e. The second-order valence-corrected chi connectivity index (χ2v) is 6.53. The molecule has 0 aliphatic heterocycles. The normalized spacial score (nSPS) is 10.5. The maximum absolute atomic E-state index is 12.9. The van der Waals surface area contributed by atoms with Crippen LogP contribution in [0.3, 0.4) is 0 Å². The van der Waals surface area contributed by atoms with E-state index >= 15 is 0 Å². The molecule has 0 spiro atoms. The van der Waals surface area contributed by atoms with Gasteiger partial charge in [0, 0.05) is 11.9 Å². The van der Waals surface area contributed by atoms with Crippen molar-refractivity contribution in [2.75, 3.05) is 13.7 Å². The lowest BCUT2D eigenvalue weighted by atomic mass is 10.3. The predicted molar refractivity (Wildman–Crippen MR) is 82.7 cm³/mol. The van der Waals surface area contributed by atoms with Gasteiger partial charge in [0.05, 0.1) is 15.9 Å². The van der Waals surface area contributed by atoms with E-state index in [4.69, 9.17) is 27.9 Å². The van der Waals surface area contributed by atoms with Crippen LogP contribution in [0.15, 0.2) is 30.3 Å². The van der Waals surface area contributed by atoms with E-state index in [1.165, 1.54) is 28.4 Å². The van der Waals surface area contributed by atoms with E-state index in [1.54, 1.807) is 13.1 Å². The minimum Gasteiger partial charge on any atom is -0.482 e. The molecule has 0 N–H and O–H groups in total. The summed E-state index contributed by atoms with van der Waals surface area (Å²) in [5.41, 5.74) is 0. The van der Waals surface area contributed by atoms with E-state index in [0.717, 1.165) is 10.9 Å². The number of nitrogens with zero attached hydrogens (tertiary/aromatic N) is 1. The number of thiophene rings is 1. The lowest BCUT2D eigenvalue weighted by Gasteiger charge is -2.16. The molecular weight excluding hydrogens is 336 g/mol. The molecule has 21 heavy (non-hydrogen) atoms. The van der Waals surface area contributed by atoms with Gasteiger partial charge in [0.15, 0.2) is 6.61 Å². The number of benzene rings is 1. The molecule has 0 aliphatic rings. The SMILES string of the molecule is CN(Cc1ccc(Cl)s1)C(=O)COc1ccc(F)cc1Cl. The number of ether oxygens (including phenoxy) is 1. The quantitative estimate of drug-likeness (QED) is 0.809. The van der Waals surface area contributed by atoms with Crippen molar-refractivity contribution >= 4 is 40.4 Å². The molecule has 0 unspecified atom stereocenters. The van der Waals surface area contributed by atoms with Crippen LogP contribution in [0.2, 0.25) is 9.36 Å². The summed E-state index contributed by atoms with van der Waals surface area (Å²) in [5.74, 6) is -0.385. The van der Waals surface area contributed by atoms with Gasteiger partial charge in [0.1, 0.15) is 11.6 Å². The lowest BCUT2D eigenvalue weighted by molar-refractivity contribution is -0.132. The second kappa shape index (κ2) is 7.11. The van der Waals surface area contributed by atoms with Crippen LogP contribution in [-0.4, -0.2) is 24.5 Å². The highest BCUT2D eigenvalue weighted by Crippen LogP contribution is 2.25. The predicted octanol–water partition coefficient (Wildman–Crippen LogP) is 4.23. The van der Waals surface area contributed by atoms with Gasteiger partial charge in [-0.2, -0.15) is 0 Å². The minimum absolute atomic E-state index is 0.135. The molecule has 0 fully saturated rings. The van der Waals surface area contributed by atoms with Crippen LogP contribution in [0.5, 0.6) is 5.75 Å². The summed E-state index contributed by atoms with van der Waals surface area (Å²) in [7, 11) is 1.67. The summed E-state index contributed by atoms with van der Waals surface area (Å²) in [5, 5.41) is 0.135. The molecule has 0 saturated heterocycles. The van der Waals surface area contributed by atoms with Gasteiger partial charge in [-0.1, -0.05) is 23.2 Å². The van der Waals surface area contributed by atoms with E-state index in [-0.39, 0.29) is 23.3 Å². The van der Waals surface area contributed by atoms with Crippen molar-refractivity contribution in [2.45, 2.75) is 6.54 Å². The van der Waals surface area contributed by atoms with Crippen LogP contribution in [0.25, 0.3) is 0 Å². The van der Waals surface area contributed by atoms with Crippen molar-refractivity contribution in [3.63, 3.8) is 0 Å². The molecule has 1 heterocycles. The minimum atomic E-state index is -0.453. The van der Waals surface area contributed by atoms with Crippen molar-refractivity contribution in [1.82, 2.24) is 4.90 Å². The standard InChI is InChI=1S/C14H12Cl2FNO2S/c1-18(7-10-3-5-13(16)21-10)14(19)8-20-12-4-2-9(17)6-11(12)15/h2-6H,7-8H2,1H3. The van der Waals surface area contributed by atoms with Crippen LogP contribution in [0, 0.1) is 5.82 Å². The van der Waals surface area contributed by atoms with E-state index < -0.39 is 5.82 Å². The summed E-state index contributed by atoms with van der Waals surface area (Å²) in [6.45, 7) is 0.289. The first kappa shape index (κ1) is 16.1. The van der Waals surface area contributed by atoms with Crippen molar-refractivity contribution in [1.29, 1.82) is 0 Å². The summed E-state index contributed by atoms with van der Waals surface area (Å²) < 4.78 is 18.9. The molecule has 2 aromatic rings. The van der Waals surface area contributed by atoms with Crippen molar-refractivity contribution in [3.8, 4) is 5.75 Å². The monoisotopic (exact) mass is 347 g/mol. The number of rotatable bonds is 5. The number of amides is 1. The fourth-order valence-electron chi connectivity index (χ4n) is 1.60. The molecule has 112 valence electrons. The smallest absolute Gasteiger partial charge is 0.260 e. The highest BCUT2D eigenvalue weighted by atomic mass is 35.5. The summed E-state index contributed by atoms with van der Waals surface area (Å²) in [6, 6.07) is 7.41. The number of hydrogen-bond acceptors (Lipinski definition) is 3. The Labute approximate surface area is 135 Å². The highest BCUT2D eigenvalue weighted by Gasteiger charge is 2.12. The number of carbonyl (C=O) groups is 1. The van der Waals surface area contributed by atoms with E-state index in [0.29, 0.717) is 10.9 Å². The number of halogens is 3. The first-order valence-electron chi connectivity index (χ1n) is 6.01. The molecule has 0 aliphatic carbocycles. The van der Waals surface area contributed by atoms with Gasteiger partial charge in [0.25, 0.3) is 5.91 Å².